The summed E-state index contributed by atoms with van der Waals surface area (Å²) in [6.45, 7) is 2.61. The lowest BCUT2D eigenvalue weighted by molar-refractivity contribution is -0.890. The van der Waals surface area contributed by atoms with E-state index in [4.69, 9.17) is 4.74 Å². The third-order valence-corrected chi connectivity index (χ3v) is 5.61. The van der Waals surface area contributed by atoms with Crippen molar-refractivity contribution in [1.82, 2.24) is 14.8 Å². The summed E-state index contributed by atoms with van der Waals surface area (Å²) in [5.41, 5.74) is 0.838. The van der Waals surface area contributed by atoms with Crippen molar-refractivity contribution in [3.8, 4) is 11.4 Å². The minimum absolute atomic E-state index is 0.128. The zero-order valence-corrected chi connectivity index (χ0v) is 17.5. The topological polar surface area (TPSA) is 44.4 Å². The molecule has 0 saturated carbocycles. The van der Waals surface area contributed by atoms with Crippen molar-refractivity contribution in [2.24, 2.45) is 0 Å². The molecule has 29 heavy (non-hydrogen) atoms. The lowest BCUT2D eigenvalue weighted by Gasteiger charge is -2.18. The van der Waals surface area contributed by atoms with Crippen LogP contribution in [0.4, 0.5) is 8.78 Å². The Bertz CT molecular complexity index is 913. The molecule has 0 unspecified atom stereocenters. The van der Waals surface area contributed by atoms with Gasteiger partial charge in [-0.25, -0.2) is 8.78 Å². The molecule has 3 aromatic rings. The number of ether oxygens (including phenoxy) is 1. The van der Waals surface area contributed by atoms with E-state index >= 15 is 0 Å². The van der Waals surface area contributed by atoms with Crippen LogP contribution in [0.15, 0.2) is 53.7 Å². The number of aromatic nitrogens is 3. The van der Waals surface area contributed by atoms with Gasteiger partial charge < -0.3 is 9.64 Å². The fourth-order valence-electron chi connectivity index (χ4n) is 2.69. The van der Waals surface area contributed by atoms with Crippen molar-refractivity contribution in [1.29, 1.82) is 0 Å². The highest BCUT2D eigenvalue weighted by atomic mass is 32.2. The van der Waals surface area contributed by atoms with Crippen molar-refractivity contribution in [2.45, 2.75) is 24.5 Å². The van der Waals surface area contributed by atoms with E-state index in [0.717, 1.165) is 28.8 Å². The maximum absolute atomic E-state index is 13.4. The van der Waals surface area contributed by atoms with Crippen LogP contribution in [0.5, 0.6) is 5.75 Å². The Balaban J connectivity index is 1.66. The minimum Gasteiger partial charge on any atom is -0.494 e. The fourth-order valence-corrected chi connectivity index (χ4v) is 3.56. The van der Waals surface area contributed by atoms with Gasteiger partial charge in [0.1, 0.15) is 23.4 Å². The molecule has 0 spiro atoms. The highest BCUT2D eigenvalue weighted by Gasteiger charge is 2.23. The predicted molar refractivity (Wildman–Crippen MR) is 110 cm³/mol. The standard InChI is InChI=1S/C21H24F2N4OS/c1-15(26(2)3)20-24-25-21(27(20)18-9-5-16(22)6-10-18)29-14-4-13-28-19-11-7-17(23)8-12-19/h5-12,15H,4,13-14H2,1-3H3/p+1/t15-/m0/s1. The number of quaternary nitrogens is 1. The third-order valence-electron chi connectivity index (χ3n) is 4.60. The molecule has 0 radical (unpaired) electrons. The molecule has 1 N–H and O–H groups in total. The first kappa shape index (κ1) is 21.3. The van der Waals surface area contributed by atoms with Crippen LogP contribution in [0.3, 0.4) is 0 Å². The molecule has 0 amide bonds. The highest BCUT2D eigenvalue weighted by Crippen LogP contribution is 2.25. The number of nitrogens with one attached hydrogen (secondary N) is 1. The molecule has 5 nitrogen and oxygen atoms in total. The summed E-state index contributed by atoms with van der Waals surface area (Å²) in [7, 11) is 4.13. The Hall–Kier alpha value is -2.45. The van der Waals surface area contributed by atoms with Gasteiger partial charge in [-0.05, 0) is 61.9 Å². The highest BCUT2D eigenvalue weighted by molar-refractivity contribution is 7.99. The summed E-state index contributed by atoms with van der Waals surface area (Å²) in [6.07, 6.45) is 0.794. The van der Waals surface area contributed by atoms with Crippen molar-refractivity contribution in [3.63, 3.8) is 0 Å². The third kappa shape index (κ3) is 5.55. The molecule has 3 rings (SSSR count). The zero-order valence-electron chi connectivity index (χ0n) is 16.7. The van der Waals surface area contributed by atoms with Gasteiger partial charge in [0.25, 0.3) is 0 Å². The van der Waals surface area contributed by atoms with E-state index < -0.39 is 0 Å². The minimum atomic E-state index is -0.280. The summed E-state index contributed by atoms with van der Waals surface area (Å²) in [6, 6.07) is 12.5. The molecule has 0 saturated heterocycles. The Kier molecular flexibility index (Phi) is 7.22. The monoisotopic (exact) mass is 419 g/mol. The second kappa shape index (κ2) is 9.84. The lowest BCUT2D eigenvalue weighted by atomic mass is 10.2. The molecule has 0 aliphatic heterocycles. The van der Waals surface area contributed by atoms with Crippen LogP contribution < -0.4 is 9.64 Å². The smallest absolute Gasteiger partial charge is 0.196 e. The predicted octanol–water partition coefficient (Wildman–Crippen LogP) is 3.31. The quantitative estimate of drug-likeness (QED) is 0.427. The van der Waals surface area contributed by atoms with E-state index in [1.165, 1.54) is 29.2 Å². The van der Waals surface area contributed by atoms with Gasteiger partial charge in [0.2, 0.25) is 0 Å². The second-order valence-electron chi connectivity index (χ2n) is 6.96. The molecule has 1 heterocycles. The van der Waals surface area contributed by atoms with Crippen molar-refractivity contribution in [2.75, 3.05) is 26.5 Å². The van der Waals surface area contributed by atoms with Crippen LogP contribution in [-0.4, -0.2) is 41.2 Å². The number of thioether (sulfide) groups is 1. The van der Waals surface area contributed by atoms with E-state index in [9.17, 15) is 8.78 Å². The summed E-state index contributed by atoms with van der Waals surface area (Å²) >= 11 is 1.58. The molecule has 0 fully saturated rings. The Morgan fingerprint density at radius 1 is 1.00 bits per heavy atom. The Morgan fingerprint density at radius 3 is 2.24 bits per heavy atom. The van der Waals surface area contributed by atoms with Gasteiger partial charge in [-0.3, -0.25) is 4.57 Å². The first-order chi connectivity index (χ1) is 14.0. The van der Waals surface area contributed by atoms with E-state index in [1.807, 2.05) is 4.57 Å². The molecule has 0 aliphatic rings. The summed E-state index contributed by atoms with van der Waals surface area (Å²) in [5.74, 6) is 1.71. The van der Waals surface area contributed by atoms with Gasteiger partial charge in [-0.1, -0.05) is 11.8 Å². The maximum Gasteiger partial charge on any atom is 0.196 e. The normalized spacial score (nSPS) is 12.3. The van der Waals surface area contributed by atoms with Crippen molar-refractivity contribution < 1.29 is 18.4 Å². The molecular weight excluding hydrogens is 394 g/mol. The van der Waals surface area contributed by atoms with Crippen LogP contribution in [0, 0.1) is 11.6 Å². The largest absolute Gasteiger partial charge is 0.494 e. The number of rotatable bonds is 9. The molecule has 1 atom stereocenters. The average Bonchev–Trinajstić information content (AvgIpc) is 3.12. The molecule has 1 aromatic heterocycles. The van der Waals surface area contributed by atoms with Gasteiger partial charge in [0.15, 0.2) is 11.0 Å². The number of halogens is 2. The Morgan fingerprint density at radius 2 is 1.62 bits per heavy atom. The van der Waals surface area contributed by atoms with Crippen LogP contribution in [0.1, 0.15) is 25.2 Å². The summed E-state index contributed by atoms with van der Waals surface area (Å²) in [4.78, 5) is 1.23. The van der Waals surface area contributed by atoms with E-state index in [1.54, 1.807) is 36.0 Å². The number of hydrogen-bond donors (Lipinski definition) is 1. The SMILES string of the molecule is C[C@@H](c1nnc(SCCCOc2ccc(F)cc2)n1-c1ccc(F)cc1)[NH+](C)C. The van der Waals surface area contributed by atoms with Gasteiger partial charge in [0, 0.05) is 11.4 Å². The molecule has 0 aliphatic carbocycles. The van der Waals surface area contributed by atoms with E-state index in [2.05, 4.69) is 31.2 Å². The number of nitrogens with zero attached hydrogens (tertiary/aromatic N) is 3. The van der Waals surface area contributed by atoms with Crippen LogP contribution in [0.25, 0.3) is 5.69 Å². The van der Waals surface area contributed by atoms with Crippen LogP contribution in [0.2, 0.25) is 0 Å². The molecular formula is C21H25F2N4OS+. The molecule has 0 bridgehead atoms. The van der Waals surface area contributed by atoms with Crippen LogP contribution in [-0.2, 0) is 0 Å². The number of benzene rings is 2. The first-order valence-corrected chi connectivity index (χ1v) is 10.5. The van der Waals surface area contributed by atoms with Gasteiger partial charge in [-0.15, -0.1) is 10.2 Å². The van der Waals surface area contributed by atoms with Gasteiger partial charge >= 0.3 is 0 Å². The second-order valence-corrected chi connectivity index (χ2v) is 8.02. The van der Waals surface area contributed by atoms with E-state index in [-0.39, 0.29) is 17.7 Å². The summed E-state index contributed by atoms with van der Waals surface area (Å²) < 4.78 is 33.9. The lowest BCUT2D eigenvalue weighted by Crippen LogP contribution is -3.05. The molecule has 2 aromatic carbocycles. The van der Waals surface area contributed by atoms with Gasteiger partial charge in [0.05, 0.1) is 20.7 Å². The fraction of sp³-hybridized carbons (Fsp3) is 0.333. The number of hydrogen-bond acceptors (Lipinski definition) is 4. The van der Waals surface area contributed by atoms with E-state index in [0.29, 0.717) is 12.4 Å². The molecule has 154 valence electrons. The summed E-state index contributed by atoms with van der Waals surface area (Å²) in [5, 5.41) is 9.54. The Labute approximate surface area is 173 Å². The van der Waals surface area contributed by atoms with Crippen LogP contribution >= 0.6 is 11.8 Å². The average molecular weight is 420 g/mol. The first-order valence-electron chi connectivity index (χ1n) is 9.48. The van der Waals surface area contributed by atoms with Crippen molar-refractivity contribution in [3.05, 3.63) is 66.0 Å². The molecule has 8 heteroatoms. The zero-order chi connectivity index (χ0) is 20.8. The maximum atomic E-state index is 13.4. The van der Waals surface area contributed by atoms with Crippen molar-refractivity contribution >= 4 is 11.8 Å². The van der Waals surface area contributed by atoms with Gasteiger partial charge in [-0.2, -0.15) is 0 Å².